The lowest BCUT2D eigenvalue weighted by Gasteiger charge is -2.08. The lowest BCUT2D eigenvalue weighted by Crippen LogP contribution is -2.26. The molecule has 2 aromatic rings. The number of aromatic hydroxyl groups is 2. The minimum atomic E-state index is -0.0980. The second-order valence-electron chi connectivity index (χ2n) is 5.36. The highest BCUT2D eigenvalue weighted by molar-refractivity contribution is 5.44. The van der Waals surface area contributed by atoms with E-state index in [4.69, 9.17) is 9.47 Å². The van der Waals surface area contributed by atoms with Gasteiger partial charge < -0.3 is 30.3 Å². The Morgan fingerprint density at radius 1 is 0.783 bits per heavy atom. The van der Waals surface area contributed by atoms with E-state index < -0.39 is 0 Å². The summed E-state index contributed by atoms with van der Waals surface area (Å²) in [6, 6.07) is 10.8. The predicted molar refractivity (Wildman–Crippen MR) is 85.8 cm³/mol. The standard InChI is InChI=1S/C17H20N2O4/c20-14-3-1-12(7-15(14)21)9-18-5-6-19-10-13-2-4-16-17(8-13)23-11-22-16/h1-4,7-8,18-21H,5-6,9-11H2. The van der Waals surface area contributed by atoms with Crippen molar-refractivity contribution in [3.63, 3.8) is 0 Å². The van der Waals surface area contributed by atoms with Crippen LogP contribution in [0.1, 0.15) is 11.1 Å². The lowest BCUT2D eigenvalue weighted by molar-refractivity contribution is 0.174. The van der Waals surface area contributed by atoms with Crippen molar-refractivity contribution in [2.24, 2.45) is 0 Å². The van der Waals surface area contributed by atoms with Crippen LogP contribution in [-0.4, -0.2) is 30.1 Å². The number of rotatable bonds is 7. The van der Waals surface area contributed by atoms with E-state index in [1.54, 1.807) is 12.1 Å². The molecule has 122 valence electrons. The van der Waals surface area contributed by atoms with Gasteiger partial charge in [-0.25, -0.2) is 0 Å². The topological polar surface area (TPSA) is 83.0 Å². The highest BCUT2D eigenvalue weighted by atomic mass is 16.7. The van der Waals surface area contributed by atoms with Crippen LogP contribution in [0.4, 0.5) is 0 Å². The van der Waals surface area contributed by atoms with Crippen LogP contribution in [0.3, 0.4) is 0 Å². The van der Waals surface area contributed by atoms with E-state index in [0.29, 0.717) is 13.3 Å². The first-order valence-electron chi connectivity index (χ1n) is 7.53. The number of nitrogens with one attached hydrogen (secondary N) is 2. The summed E-state index contributed by atoms with van der Waals surface area (Å²) >= 11 is 0. The predicted octanol–water partition coefficient (Wildman–Crippen LogP) is 1.71. The summed E-state index contributed by atoms with van der Waals surface area (Å²) in [6.45, 7) is 3.31. The second-order valence-corrected chi connectivity index (χ2v) is 5.36. The van der Waals surface area contributed by atoms with Gasteiger partial charge in [-0.05, 0) is 35.4 Å². The molecule has 0 amide bonds. The monoisotopic (exact) mass is 316 g/mol. The minimum absolute atomic E-state index is 0.0924. The van der Waals surface area contributed by atoms with E-state index in [1.165, 1.54) is 6.07 Å². The van der Waals surface area contributed by atoms with Crippen molar-refractivity contribution in [3.8, 4) is 23.0 Å². The molecular formula is C17H20N2O4. The maximum Gasteiger partial charge on any atom is 0.231 e. The number of ether oxygens (including phenoxy) is 2. The van der Waals surface area contributed by atoms with Crippen molar-refractivity contribution in [2.75, 3.05) is 19.9 Å². The van der Waals surface area contributed by atoms with Crippen LogP contribution in [-0.2, 0) is 13.1 Å². The third-order valence-corrected chi connectivity index (χ3v) is 3.61. The second kappa shape index (κ2) is 7.21. The largest absolute Gasteiger partial charge is 0.504 e. The van der Waals surface area contributed by atoms with Crippen LogP contribution >= 0.6 is 0 Å². The molecule has 3 rings (SSSR count). The lowest BCUT2D eigenvalue weighted by atomic mass is 10.2. The zero-order valence-electron chi connectivity index (χ0n) is 12.7. The van der Waals surface area contributed by atoms with Crippen LogP contribution in [0.15, 0.2) is 36.4 Å². The maximum atomic E-state index is 9.42. The zero-order valence-corrected chi connectivity index (χ0v) is 12.7. The molecule has 0 atom stereocenters. The van der Waals surface area contributed by atoms with Crippen molar-refractivity contribution in [1.82, 2.24) is 10.6 Å². The Bertz CT molecular complexity index is 676. The highest BCUT2D eigenvalue weighted by Gasteiger charge is 2.12. The first-order chi connectivity index (χ1) is 11.2. The smallest absolute Gasteiger partial charge is 0.231 e. The van der Waals surface area contributed by atoms with E-state index in [1.807, 2.05) is 18.2 Å². The third kappa shape index (κ3) is 4.06. The van der Waals surface area contributed by atoms with Crippen molar-refractivity contribution in [3.05, 3.63) is 47.5 Å². The van der Waals surface area contributed by atoms with Crippen molar-refractivity contribution < 1.29 is 19.7 Å². The molecule has 0 saturated carbocycles. The normalized spacial score (nSPS) is 12.5. The average Bonchev–Trinajstić information content (AvgIpc) is 3.01. The molecule has 0 saturated heterocycles. The number of hydrogen-bond acceptors (Lipinski definition) is 6. The summed E-state index contributed by atoms with van der Waals surface area (Å²) in [5, 5.41) is 25.3. The number of fused-ring (bicyclic) bond motifs is 1. The Labute approximate surface area is 134 Å². The fourth-order valence-electron chi connectivity index (χ4n) is 2.37. The minimum Gasteiger partial charge on any atom is -0.504 e. The Morgan fingerprint density at radius 2 is 1.43 bits per heavy atom. The quantitative estimate of drug-likeness (QED) is 0.460. The SMILES string of the molecule is Oc1ccc(CNCCNCc2ccc3c(c2)OCO3)cc1O. The summed E-state index contributed by atoms with van der Waals surface area (Å²) < 4.78 is 10.6. The van der Waals surface area contributed by atoms with E-state index in [0.717, 1.165) is 42.3 Å². The highest BCUT2D eigenvalue weighted by Crippen LogP contribution is 2.32. The summed E-state index contributed by atoms with van der Waals surface area (Å²) in [4.78, 5) is 0. The molecule has 0 fully saturated rings. The molecule has 6 nitrogen and oxygen atoms in total. The van der Waals surface area contributed by atoms with Gasteiger partial charge in [0.25, 0.3) is 0 Å². The van der Waals surface area contributed by atoms with Crippen molar-refractivity contribution in [2.45, 2.75) is 13.1 Å². The Hall–Kier alpha value is -2.44. The van der Waals surface area contributed by atoms with Gasteiger partial charge in [0, 0.05) is 26.2 Å². The van der Waals surface area contributed by atoms with E-state index in [9.17, 15) is 10.2 Å². The molecule has 2 aromatic carbocycles. The van der Waals surface area contributed by atoms with Gasteiger partial charge in [-0.2, -0.15) is 0 Å². The summed E-state index contributed by atoms with van der Waals surface area (Å²) in [5.74, 6) is 1.41. The zero-order chi connectivity index (χ0) is 16.1. The van der Waals surface area contributed by atoms with Gasteiger partial charge in [-0.1, -0.05) is 12.1 Å². The molecule has 6 heteroatoms. The molecule has 1 aliphatic heterocycles. The Morgan fingerprint density at radius 3 is 2.17 bits per heavy atom. The van der Waals surface area contributed by atoms with Crippen LogP contribution < -0.4 is 20.1 Å². The van der Waals surface area contributed by atoms with Gasteiger partial charge in [-0.15, -0.1) is 0 Å². The molecule has 0 unspecified atom stereocenters. The fourth-order valence-corrected chi connectivity index (χ4v) is 2.37. The van der Waals surface area contributed by atoms with Crippen molar-refractivity contribution in [1.29, 1.82) is 0 Å². The first kappa shape index (κ1) is 15.5. The third-order valence-electron chi connectivity index (χ3n) is 3.61. The van der Waals surface area contributed by atoms with Crippen LogP contribution in [0.25, 0.3) is 0 Å². The van der Waals surface area contributed by atoms with E-state index in [-0.39, 0.29) is 11.5 Å². The number of hydrogen-bond donors (Lipinski definition) is 4. The first-order valence-corrected chi connectivity index (χ1v) is 7.53. The van der Waals surface area contributed by atoms with Gasteiger partial charge >= 0.3 is 0 Å². The molecule has 0 radical (unpaired) electrons. The van der Waals surface area contributed by atoms with Crippen LogP contribution in [0.2, 0.25) is 0 Å². The van der Waals surface area contributed by atoms with Gasteiger partial charge in [0.2, 0.25) is 6.79 Å². The van der Waals surface area contributed by atoms with Gasteiger partial charge in [0.05, 0.1) is 0 Å². The number of phenols is 2. The van der Waals surface area contributed by atoms with Gasteiger partial charge in [-0.3, -0.25) is 0 Å². The number of phenolic OH excluding ortho intramolecular Hbond substituents is 2. The van der Waals surface area contributed by atoms with Crippen molar-refractivity contribution >= 4 is 0 Å². The number of benzene rings is 2. The maximum absolute atomic E-state index is 9.42. The molecule has 0 aromatic heterocycles. The Kier molecular flexibility index (Phi) is 4.85. The van der Waals surface area contributed by atoms with Gasteiger partial charge in [0.1, 0.15) is 0 Å². The van der Waals surface area contributed by atoms with Crippen LogP contribution in [0.5, 0.6) is 23.0 Å². The molecule has 1 heterocycles. The van der Waals surface area contributed by atoms with Gasteiger partial charge in [0.15, 0.2) is 23.0 Å². The molecule has 4 N–H and O–H groups in total. The molecular weight excluding hydrogens is 296 g/mol. The van der Waals surface area contributed by atoms with E-state index >= 15 is 0 Å². The summed E-state index contributed by atoms with van der Waals surface area (Å²) in [7, 11) is 0. The van der Waals surface area contributed by atoms with Crippen LogP contribution in [0, 0.1) is 0 Å². The molecule has 23 heavy (non-hydrogen) atoms. The Balaban J connectivity index is 1.35. The molecule has 0 aliphatic carbocycles. The molecule has 0 spiro atoms. The summed E-state index contributed by atoms with van der Waals surface area (Å²) in [5.41, 5.74) is 2.08. The fraction of sp³-hybridized carbons (Fsp3) is 0.294. The summed E-state index contributed by atoms with van der Waals surface area (Å²) in [6.07, 6.45) is 0. The molecule has 1 aliphatic rings. The van der Waals surface area contributed by atoms with E-state index in [2.05, 4.69) is 10.6 Å². The average molecular weight is 316 g/mol. The molecule has 0 bridgehead atoms.